The van der Waals surface area contributed by atoms with Crippen molar-refractivity contribution in [3.63, 3.8) is 0 Å². The fourth-order valence-corrected chi connectivity index (χ4v) is 0.757. The third kappa shape index (κ3) is 7.23. The normalized spacial score (nSPS) is 10.8. The molecule has 0 amide bonds. The van der Waals surface area contributed by atoms with E-state index in [0.29, 0.717) is 0 Å². The molecule has 6 heteroatoms. The second kappa shape index (κ2) is 4.89. The third-order valence-corrected chi connectivity index (χ3v) is 1.39. The summed E-state index contributed by atoms with van der Waals surface area (Å²) >= 11 is 0. The van der Waals surface area contributed by atoms with Gasteiger partial charge in [-0.25, -0.2) is 4.79 Å². The number of carbonyl (C=O) groups excluding carboxylic acids is 1. The van der Waals surface area contributed by atoms with Crippen molar-refractivity contribution in [1.82, 2.24) is 0 Å². The van der Waals surface area contributed by atoms with E-state index >= 15 is 0 Å². The van der Waals surface area contributed by atoms with E-state index in [4.69, 9.17) is 0 Å². The molecule has 0 bridgehead atoms. The standard InChI is InChI=1S/C6H10O5S/c1-3-6(7)10-4-5-11-12(2,8)9/h3H,1,4-5H2,2H3. The van der Waals surface area contributed by atoms with Crippen molar-refractivity contribution < 1.29 is 22.1 Å². The van der Waals surface area contributed by atoms with E-state index in [9.17, 15) is 13.2 Å². The van der Waals surface area contributed by atoms with Crippen LogP contribution >= 0.6 is 0 Å². The van der Waals surface area contributed by atoms with Gasteiger partial charge in [0.15, 0.2) is 0 Å². The Labute approximate surface area is 71.1 Å². The van der Waals surface area contributed by atoms with Crippen molar-refractivity contribution in [2.45, 2.75) is 0 Å². The Morgan fingerprint density at radius 1 is 1.50 bits per heavy atom. The molecule has 0 atom stereocenters. The van der Waals surface area contributed by atoms with Crippen LogP contribution < -0.4 is 0 Å². The molecular weight excluding hydrogens is 184 g/mol. The molecule has 12 heavy (non-hydrogen) atoms. The Balaban J connectivity index is 3.47. The molecule has 0 radical (unpaired) electrons. The van der Waals surface area contributed by atoms with Gasteiger partial charge in [0.2, 0.25) is 0 Å². The average molecular weight is 194 g/mol. The summed E-state index contributed by atoms with van der Waals surface area (Å²) in [5, 5.41) is 0. The summed E-state index contributed by atoms with van der Waals surface area (Å²) in [6, 6.07) is 0. The molecule has 0 aliphatic carbocycles. The molecule has 0 rings (SSSR count). The van der Waals surface area contributed by atoms with Crippen molar-refractivity contribution in [2.75, 3.05) is 19.5 Å². The molecule has 70 valence electrons. The largest absolute Gasteiger partial charge is 0.460 e. The summed E-state index contributed by atoms with van der Waals surface area (Å²) in [5.74, 6) is -0.605. The van der Waals surface area contributed by atoms with Gasteiger partial charge in [0.1, 0.15) is 13.2 Å². The summed E-state index contributed by atoms with van der Waals surface area (Å²) in [6.07, 6.45) is 1.91. The van der Waals surface area contributed by atoms with Crippen LogP contribution in [0.4, 0.5) is 0 Å². The molecule has 5 nitrogen and oxygen atoms in total. The minimum Gasteiger partial charge on any atom is -0.460 e. The molecule has 0 saturated carbocycles. The molecule has 0 spiro atoms. The highest BCUT2D eigenvalue weighted by atomic mass is 32.2. The Hall–Kier alpha value is -0.880. The zero-order valence-corrected chi connectivity index (χ0v) is 7.46. The molecule has 0 unspecified atom stereocenters. The van der Waals surface area contributed by atoms with E-state index < -0.39 is 16.1 Å². The molecule has 0 aromatic heterocycles. The van der Waals surface area contributed by atoms with Crippen LogP contribution in [0.2, 0.25) is 0 Å². The number of carbonyl (C=O) groups is 1. The number of hydrogen-bond donors (Lipinski definition) is 0. The summed E-state index contributed by atoms with van der Waals surface area (Å²) in [6.45, 7) is 2.89. The fraction of sp³-hybridized carbons (Fsp3) is 0.500. The number of esters is 1. The molecule has 0 aliphatic heterocycles. The van der Waals surface area contributed by atoms with Gasteiger partial charge in [-0.05, 0) is 0 Å². The van der Waals surface area contributed by atoms with Crippen molar-refractivity contribution in [1.29, 1.82) is 0 Å². The molecule has 0 aliphatic rings. The summed E-state index contributed by atoms with van der Waals surface area (Å²) < 4.78 is 29.5. The first kappa shape index (κ1) is 11.1. The van der Waals surface area contributed by atoms with Crippen LogP contribution in [-0.4, -0.2) is 33.9 Å². The maximum absolute atomic E-state index is 10.4. The highest BCUT2D eigenvalue weighted by Gasteiger charge is 2.01. The molecule has 0 aromatic rings. The molecule has 0 fully saturated rings. The average Bonchev–Trinajstić information content (AvgIpc) is 1.96. The Bertz CT molecular complexity index is 253. The van der Waals surface area contributed by atoms with E-state index in [1.54, 1.807) is 0 Å². The summed E-state index contributed by atoms with van der Waals surface area (Å²) in [7, 11) is -3.45. The number of ether oxygens (including phenoxy) is 1. The van der Waals surface area contributed by atoms with Gasteiger partial charge in [0, 0.05) is 6.08 Å². The zero-order chi connectivity index (χ0) is 9.61. The van der Waals surface area contributed by atoms with Gasteiger partial charge in [-0.15, -0.1) is 0 Å². The minimum absolute atomic E-state index is 0.0993. The van der Waals surface area contributed by atoms with Crippen LogP contribution in [0.1, 0.15) is 0 Å². The Kier molecular flexibility index (Phi) is 4.53. The van der Waals surface area contributed by atoms with Gasteiger partial charge in [0.05, 0.1) is 6.26 Å². The lowest BCUT2D eigenvalue weighted by molar-refractivity contribution is -0.138. The predicted molar refractivity (Wildman–Crippen MR) is 42.0 cm³/mol. The van der Waals surface area contributed by atoms with Gasteiger partial charge in [0.25, 0.3) is 10.1 Å². The number of hydrogen-bond acceptors (Lipinski definition) is 5. The smallest absolute Gasteiger partial charge is 0.330 e. The van der Waals surface area contributed by atoms with E-state index in [1.165, 1.54) is 0 Å². The first-order valence-corrected chi connectivity index (χ1v) is 4.91. The monoisotopic (exact) mass is 194 g/mol. The summed E-state index contributed by atoms with van der Waals surface area (Å²) in [4.78, 5) is 10.4. The number of rotatable bonds is 5. The van der Waals surface area contributed by atoms with Crippen LogP contribution in [0, 0.1) is 0 Å². The fourth-order valence-electron chi connectivity index (χ4n) is 0.387. The maximum Gasteiger partial charge on any atom is 0.330 e. The molecule has 0 aromatic carbocycles. The van der Waals surface area contributed by atoms with Crippen LogP contribution in [0.25, 0.3) is 0 Å². The van der Waals surface area contributed by atoms with Gasteiger partial charge in [-0.3, -0.25) is 4.18 Å². The molecular formula is C6H10O5S. The van der Waals surface area contributed by atoms with Gasteiger partial charge in [-0.1, -0.05) is 6.58 Å². The van der Waals surface area contributed by atoms with Gasteiger partial charge < -0.3 is 4.74 Å². The second-order valence-corrected chi connectivity index (χ2v) is 3.54. The first-order valence-electron chi connectivity index (χ1n) is 3.09. The Morgan fingerprint density at radius 3 is 2.50 bits per heavy atom. The van der Waals surface area contributed by atoms with Crippen molar-refractivity contribution >= 4 is 16.1 Å². The lowest BCUT2D eigenvalue weighted by Gasteiger charge is -2.00. The zero-order valence-electron chi connectivity index (χ0n) is 6.65. The van der Waals surface area contributed by atoms with Crippen LogP contribution in [-0.2, 0) is 23.8 Å². The van der Waals surface area contributed by atoms with Gasteiger partial charge in [-0.2, -0.15) is 8.42 Å². The maximum atomic E-state index is 10.4. The Morgan fingerprint density at radius 2 is 2.08 bits per heavy atom. The quantitative estimate of drug-likeness (QED) is 0.260. The van der Waals surface area contributed by atoms with E-state index in [0.717, 1.165) is 12.3 Å². The first-order chi connectivity index (χ1) is 5.45. The molecule has 0 saturated heterocycles. The predicted octanol–water partition coefficient (Wildman–Crippen LogP) is -0.308. The summed E-state index contributed by atoms with van der Waals surface area (Å²) in [5.41, 5.74) is 0. The second-order valence-electron chi connectivity index (χ2n) is 1.90. The van der Waals surface area contributed by atoms with Crippen molar-refractivity contribution in [3.05, 3.63) is 12.7 Å². The molecule has 0 heterocycles. The topological polar surface area (TPSA) is 69.7 Å². The highest BCUT2D eigenvalue weighted by Crippen LogP contribution is 1.87. The van der Waals surface area contributed by atoms with E-state index in [-0.39, 0.29) is 13.2 Å². The van der Waals surface area contributed by atoms with E-state index in [2.05, 4.69) is 15.5 Å². The van der Waals surface area contributed by atoms with E-state index in [1.807, 2.05) is 0 Å². The van der Waals surface area contributed by atoms with Crippen LogP contribution in [0.15, 0.2) is 12.7 Å². The minimum atomic E-state index is -3.45. The SMILES string of the molecule is C=CC(=O)OCCOS(C)(=O)=O. The third-order valence-electron chi connectivity index (χ3n) is 0.792. The lowest BCUT2D eigenvalue weighted by atomic mass is 10.6. The van der Waals surface area contributed by atoms with Crippen LogP contribution in [0.3, 0.4) is 0 Å². The van der Waals surface area contributed by atoms with Crippen LogP contribution in [0.5, 0.6) is 0 Å². The van der Waals surface area contributed by atoms with Crippen molar-refractivity contribution in [2.24, 2.45) is 0 Å². The van der Waals surface area contributed by atoms with Gasteiger partial charge >= 0.3 is 5.97 Å². The molecule has 0 N–H and O–H groups in total. The highest BCUT2D eigenvalue weighted by molar-refractivity contribution is 7.85. The lowest BCUT2D eigenvalue weighted by Crippen LogP contribution is -2.11. The van der Waals surface area contributed by atoms with Crippen molar-refractivity contribution in [3.8, 4) is 0 Å².